The minimum atomic E-state index is -0.522. The summed E-state index contributed by atoms with van der Waals surface area (Å²) < 4.78 is 26.1. The molecule has 1 aromatic rings. The van der Waals surface area contributed by atoms with Crippen molar-refractivity contribution in [2.45, 2.75) is 32.9 Å². The largest absolute Gasteiger partial charge is 0.351 e. The van der Waals surface area contributed by atoms with E-state index in [0.717, 1.165) is 24.6 Å². The summed E-state index contributed by atoms with van der Waals surface area (Å²) in [4.78, 5) is 11.4. The van der Waals surface area contributed by atoms with Gasteiger partial charge in [-0.05, 0) is 31.5 Å². The third-order valence-electron chi connectivity index (χ3n) is 2.71. The number of carbonyl (C=O) groups excluding carboxylic acids is 1. The Morgan fingerprint density at radius 1 is 1.39 bits per heavy atom. The molecule has 0 heterocycles. The van der Waals surface area contributed by atoms with Crippen molar-refractivity contribution < 1.29 is 13.6 Å². The van der Waals surface area contributed by atoms with Crippen LogP contribution in [-0.2, 0) is 11.3 Å². The minimum absolute atomic E-state index is 0.00931. The molecule has 100 valence electrons. The summed E-state index contributed by atoms with van der Waals surface area (Å²) in [7, 11) is 0. The van der Waals surface area contributed by atoms with Gasteiger partial charge in [0, 0.05) is 18.2 Å². The van der Waals surface area contributed by atoms with E-state index in [2.05, 4.69) is 10.6 Å². The number of amides is 1. The maximum absolute atomic E-state index is 13.3. The number of nitrogens with one attached hydrogen (secondary N) is 2. The lowest BCUT2D eigenvalue weighted by Crippen LogP contribution is -2.37. The van der Waals surface area contributed by atoms with Crippen molar-refractivity contribution in [3.63, 3.8) is 0 Å². The van der Waals surface area contributed by atoms with E-state index in [1.165, 1.54) is 0 Å². The molecule has 1 amide bonds. The zero-order chi connectivity index (χ0) is 13.5. The SMILES string of the molecule is CCC(C)NCC(=O)NCc1cc(F)ccc1F. The molecule has 0 fully saturated rings. The Morgan fingerprint density at radius 3 is 2.78 bits per heavy atom. The van der Waals surface area contributed by atoms with Crippen molar-refractivity contribution in [2.24, 2.45) is 0 Å². The summed E-state index contributed by atoms with van der Waals surface area (Å²) in [6, 6.07) is 3.43. The number of rotatable bonds is 6. The van der Waals surface area contributed by atoms with Gasteiger partial charge in [0.05, 0.1) is 6.54 Å². The van der Waals surface area contributed by atoms with Crippen LogP contribution in [0.5, 0.6) is 0 Å². The van der Waals surface area contributed by atoms with Crippen LogP contribution in [0.2, 0.25) is 0 Å². The van der Waals surface area contributed by atoms with E-state index in [-0.39, 0.29) is 30.6 Å². The zero-order valence-electron chi connectivity index (χ0n) is 10.6. The fourth-order valence-electron chi connectivity index (χ4n) is 1.35. The molecule has 1 unspecified atom stereocenters. The molecule has 0 saturated heterocycles. The van der Waals surface area contributed by atoms with Crippen LogP contribution in [0.25, 0.3) is 0 Å². The Bertz CT molecular complexity index is 410. The fraction of sp³-hybridized carbons (Fsp3) is 0.462. The van der Waals surface area contributed by atoms with Crippen molar-refractivity contribution in [3.05, 3.63) is 35.4 Å². The van der Waals surface area contributed by atoms with Gasteiger partial charge in [-0.3, -0.25) is 4.79 Å². The molecule has 0 saturated carbocycles. The number of benzene rings is 1. The minimum Gasteiger partial charge on any atom is -0.351 e. The molecule has 0 radical (unpaired) electrons. The summed E-state index contributed by atoms with van der Waals surface area (Å²) in [5, 5.41) is 5.55. The van der Waals surface area contributed by atoms with Gasteiger partial charge in [-0.2, -0.15) is 0 Å². The highest BCUT2D eigenvalue weighted by Gasteiger charge is 2.07. The first-order valence-electron chi connectivity index (χ1n) is 5.97. The van der Waals surface area contributed by atoms with E-state index in [4.69, 9.17) is 0 Å². The second-order valence-corrected chi connectivity index (χ2v) is 4.20. The van der Waals surface area contributed by atoms with Crippen LogP contribution in [0.3, 0.4) is 0 Å². The van der Waals surface area contributed by atoms with Gasteiger partial charge in [-0.25, -0.2) is 8.78 Å². The number of carbonyl (C=O) groups is 1. The van der Waals surface area contributed by atoms with E-state index >= 15 is 0 Å². The average Bonchev–Trinajstić information content (AvgIpc) is 2.36. The van der Waals surface area contributed by atoms with Gasteiger partial charge in [-0.1, -0.05) is 6.92 Å². The smallest absolute Gasteiger partial charge is 0.234 e. The summed E-state index contributed by atoms with van der Waals surface area (Å²) >= 11 is 0. The summed E-state index contributed by atoms with van der Waals surface area (Å²) in [6.45, 7) is 4.15. The number of hydrogen-bond acceptors (Lipinski definition) is 2. The highest BCUT2D eigenvalue weighted by atomic mass is 19.1. The Balaban J connectivity index is 2.40. The quantitative estimate of drug-likeness (QED) is 0.817. The molecule has 1 rings (SSSR count). The van der Waals surface area contributed by atoms with Gasteiger partial charge in [0.2, 0.25) is 5.91 Å². The molecular weight excluding hydrogens is 238 g/mol. The lowest BCUT2D eigenvalue weighted by Gasteiger charge is -2.11. The van der Waals surface area contributed by atoms with Crippen molar-refractivity contribution in [3.8, 4) is 0 Å². The Kier molecular flexibility index (Phi) is 5.71. The zero-order valence-corrected chi connectivity index (χ0v) is 10.6. The number of hydrogen-bond donors (Lipinski definition) is 2. The van der Waals surface area contributed by atoms with E-state index in [1.54, 1.807) is 0 Å². The molecule has 0 aliphatic carbocycles. The maximum atomic E-state index is 13.3. The predicted molar refractivity (Wildman–Crippen MR) is 66.0 cm³/mol. The molecule has 0 bridgehead atoms. The first-order valence-corrected chi connectivity index (χ1v) is 5.97. The summed E-state index contributed by atoms with van der Waals surface area (Å²) in [5.41, 5.74) is 0.145. The standard InChI is InChI=1S/C13H18F2N2O/c1-3-9(2)16-8-13(18)17-7-10-6-11(14)4-5-12(10)15/h4-6,9,16H,3,7-8H2,1-2H3,(H,17,18). The molecule has 0 spiro atoms. The lowest BCUT2D eigenvalue weighted by atomic mass is 10.2. The van der Waals surface area contributed by atoms with Crippen molar-refractivity contribution >= 4 is 5.91 Å². The van der Waals surface area contributed by atoms with Crippen LogP contribution in [0.15, 0.2) is 18.2 Å². The highest BCUT2D eigenvalue weighted by Crippen LogP contribution is 2.08. The van der Waals surface area contributed by atoms with Gasteiger partial charge in [-0.15, -0.1) is 0 Å². The van der Waals surface area contributed by atoms with Gasteiger partial charge < -0.3 is 10.6 Å². The molecular formula is C13H18F2N2O. The molecule has 1 aromatic carbocycles. The number of halogens is 2. The second kappa shape index (κ2) is 7.06. The predicted octanol–water partition coefficient (Wildman–Crippen LogP) is 1.97. The van der Waals surface area contributed by atoms with Gasteiger partial charge in [0.1, 0.15) is 11.6 Å². The third-order valence-corrected chi connectivity index (χ3v) is 2.71. The second-order valence-electron chi connectivity index (χ2n) is 4.20. The molecule has 2 N–H and O–H groups in total. The highest BCUT2D eigenvalue weighted by molar-refractivity contribution is 5.78. The normalized spacial score (nSPS) is 12.2. The molecule has 1 atom stereocenters. The molecule has 3 nitrogen and oxygen atoms in total. The molecule has 0 aliphatic rings. The third kappa shape index (κ3) is 4.79. The van der Waals surface area contributed by atoms with Crippen molar-refractivity contribution in [2.75, 3.05) is 6.54 Å². The molecule has 5 heteroatoms. The topological polar surface area (TPSA) is 41.1 Å². The van der Waals surface area contributed by atoms with E-state index in [1.807, 2.05) is 13.8 Å². The van der Waals surface area contributed by atoms with Gasteiger partial charge in [0.15, 0.2) is 0 Å². The van der Waals surface area contributed by atoms with Crippen LogP contribution in [0, 0.1) is 11.6 Å². The Hall–Kier alpha value is -1.49. The Labute approximate surface area is 106 Å². The van der Waals surface area contributed by atoms with Crippen molar-refractivity contribution in [1.82, 2.24) is 10.6 Å². The monoisotopic (exact) mass is 256 g/mol. The summed E-state index contributed by atoms with van der Waals surface area (Å²) in [5.74, 6) is -1.27. The van der Waals surface area contributed by atoms with E-state index in [9.17, 15) is 13.6 Å². The molecule has 0 aromatic heterocycles. The Morgan fingerprint density at radius 2 is 2.11 bits per heavy atom. The van der Waals surface area contributed by atoms with Gasteiger partial charge in [0.25, 0.3) is 0 Å². The fourth-order valence-corrected chi connectivity index (χ4v) is 1.35. The van der Waals surface area contributed by atoms with Crippen LogP contribution >= 0.6 is 0 Å². The van der Waals surface area contributed by atoms with Crippen LogP contribution in [0.1, 0.15) is 25.8 Å². The van der Waals surface area contributed by atoms with E-state index < -0.39 is 11.6 Å². The van der Waals surface area contributed by atoms with Crippen LogP contribution in [-0.4, -0.2) is 18.5 Å². The van der Waals surface area contributed by atoms with Crippen molar-refractivity contribution in [1.29, 1.82) is 0 Å². The lowest BCUT2D eigenvalue weighted by molar-refractivity contribution is -0.120. The summed E-state index contributed by atoms with van der Waals surface area (Å²) in [6.07, 6.45) is 0.922. The first-order chi connectivity index (χ1) is 8.52. The maximum Gasteiger partial charge on any atom is 0.234 e. The molecule has 0 aliphatic heterocycles. The average molecular weight is 256 g/mol. The van der Waals surface area contributed by atoms with Crippen LogP contribution in [0.4, 0.5) is 8.78 Å². The van der Waals surface area contributed by atoms with Gasteiger partial charge >= 0.3 is 0 Å². The van der Waals surface area contributed by atoms with Crippen LogP contribution < -0.4 is 10.6 Å². The van der Waals surface area contributed by atoms with E-state index in [0.29, 0.717) is 0 Å². The molecule has 18 heavy (non-hydrogen) atoms. The first kappa shape index (κ1) is 14.6.